The van der Waals surface area contributed by atoms with Crippen molar-refractivity contribution in [3.05, 3.63) is 64.7 Å². The third-order valence-electron chi connectivity index (χ3n) is 5.10. The Bertz CT molecular complexity index is 989. The fourth-order valence-corrected chi connectivity index (χ4v) is 3.31. The van der Waals surface area contributed by atoms with Gasteiger partial charge in [-0.3, -0.25) is 4.79 Å². The van der Waals surface area contributed by atoms with Gasteiger partial charge in [-0.25, -0.2) is 9.37 Å². The zero-order valence-electron chi connectivity index (χ0n) is 17.2. The molecule has 1 heterocycles. The van der Waals surface area contributed by atoms with Gasteiger partial charge in [-0.2, -0.15) is 0 Å². The maximum absolute atomic E-state index is 13.3. The highest BCUT2D eigenvalue weighted by Gasteiger charge is 2.22. The van der Waals surface area contributed by atoms with E-state index >= 15 is 0 Å². The molecule has 28 heavy (non-hydrogen) atoms. The van der Waals surface area contributed by atoms with E-state index in [1.807, 2.05) is 11.5 Å². The van der Waals surface area contributed by atoms with Crippen molar-refractivity contribution in [1.82, 2.24) is 14.9 Å². The summed E-state index contributed by atoms with van der Waals surface area (Å²) in [6.45, 7) is 10.8. The first kappa shape index (κ1) is 20.1. The maximum atomic E-state index is 13.3. The molecule has 0 saturated heterocycles. The number of nitrogens with one attached hydrogen (secondary N) is 1. The van der Waals surface area contributed by atoms with Gasteiger partial charge >= 0.3 is 0 Å². The molecule has 0 fully saturated rings. The smallest absolute Gasteiger partial charge is 0.242 e. The van der Waals surface area contributed by atoms with Crippen LogP contribution in [0.2, 0.25) is 0 Å². The maximum Gasteiger partial charge on any atom is 0.242 e. The summed E-state index contributed by atoms with van der Waals surface area (Å²) in [7, 11) is 0. The number of hydrogen-bond donors (Lipinski definition) is 1. The van der Waals surface area contributed by atoms with E-state index in [0.717, 1.165) is 28.0 Å². The van der Waals surface area contributed by atoms with Crippen molar-refractivity contribution in [2.45, 2.75) is 47.1 Å². The standard InChI is InChI=1S/C23H28FN3O/c1-14(2)13-25-23(28)17(5)27-21-11-16(4)15(3)10-20(21)26-22(27)12-18-6-8-19(24)9-7-18/h6-11,14,17H,12-13H2,1-5H3,(H,25,28). The Labute approximate surface area is 165 Å². The number of halogens is 1. The number of aromatic nitrogens is 2. The first-order chi connectivity index (χ1) is 13.3. The van der Waals surface area contributed by atoms with Crippen molar-refractivity contribution in [2.24, 2.45) is 5.92 Å². The number of fused-ring (bicyclic) bond motifs is 1. The predicted octanol–water partition coefficient (Wildman–Crippen LogP) is 4.72. The summed E-state index contributed by atoms with van der Waals surface area (Å²) in [6.07, 6.45) is 0.537. The Hall–Kier alpha value is -2.69. The third-order valence-corrected chi connectivity index (χ3v) is 5.10. The summed E-state index contributed by atoms with van der Waals surface area (Å²) in [6, 6.07) is 10.2. The number of carbonyl (C=O) groups is 1. The van der Waals surface area contributed by atoms with Crippen molar-refractivity contribution in [3.63, 3.8) is 0 Å². The van der Waals surface area contributed by atoms with E-state index in [4.69, 9.17) is 4.98 Å². The molecule has 0 saturated carbocycles. The zero-order valence-corrected chi connectivity index (χ0v) is 17.2. The molecule has 0 bridgehead atoms. The van der Waals surface area contributed by atoms with Crippen LogP contribution in [-0.2, 0) is 11.2 Å². The molecule has 1 unspecified atom stereocenters. The van der Waals surface area contributed by atoms with Crippen molar-refractivity contribution in [3.8, 4) is 0 Å². The van der Waals surface area contributed by atoms with Gasteiger partial charge in [-0.15, -0.1) is 0 Å². The highest BCUT2D eigenvalue weighted by atomic mass is 19.1. The Morgan fingerprint density at radius 1 is 1.11 bits per heavy atom. The van der Waals surface area contributed by atoms with Crippen LogP contribution in [0, 0.1) is 25.6 Å². The minimum atomic E-state index is -0.388. The van der Waals surface area contributed by atoms with Crippen LogP contribution < -0.4 is 5.32 Å². The molecule has 0 radical (unpaired) electrons. The van der Waals surface area contributed by atoms with Crippen molar-refractivity contribution < 1.29 is 9.18 Å². The summed E-state index contributed by atoms with van der Waals surface area (Å²) >= 11 is 0. The Morgan fingerprint density at radius 2 is 1.75 bits per heavy atom. The van der Waals surface area contributed by atoms with Gasteiger partial charge in [0.05, 0.1) is 11.0 Å². The molecule has 0 aliphatic heterocycles. The summed E-state index contributed by atoms with van der Waals surface area (Å²) in [5.74, 6) is 0.912. The third kappa shape index (κ3) is 4.24. The molecule has 1 N–H and O–H groups in total. The SMILES string of the molecule is Cc1cc2nc(Cc3ccc(F)cc3)n(C(C)C(=O)NCC(C)C)c2cc1C. The molecule has 5 heteroatoms. The molecule has 3 rings (SSSR count). The van der Waals surface area contributed by atoms with E-state index in [0.29, 0.717) is 18.9 Å². The molecular formula is C23H28FN3O. The van der Waals surface area contributed by atoms with Crippen LogP contribution >= 0.6 is 0 Å². The number of carbonyl (C=O) groups excluding carboxylic acids is 1. The number of rotatable bonds is 6. The minimum absolute atomic E-state index is 0.0217. The molecule has 4 nitrogen and oxygen atoms in total. The highest BCUT2D eigenvalue weighted by Crippen LogP contribution is 2.26. The van der Waals surface area contributed by atoms with E-state index in [-0.39, 0.29) is 17.8 Å². The van der Waals surface area contributed by atoms with E-state index in [9.17, 15) is 9.18 Å². The average molecular weight is 381 g/mol. The molecule has 0 aliphatic rings. The summed E-state index contributed by atoms with van der Waals surface area (Å²) in [5.41, 5.74) is 5.12. The second kappa shape index (κ2) is 8.13. The molecule has 148 valence electrons. The molecule has 1 amide bonds. The van der Waals surface area contributed by atoms with Gasteiger partial charge in [0, 0.05) is 13.0 Å². The lowest BCUT2D eigenvalue weighted by Crippen LogP contribution is -2.34. The highest BCUT2D eigenvalue weighted by molar-refractivity contribution is 5.84. The number of nitrogens with zero attached hydrogens (tertiary/aromatic N) is 2. The topological polar surface area (TPSA) is 46.9 Å². The molecule has 1 aromatic heterocycles. The molecular weight excluding hydrogens is 353 g/mol. The average Bonchev–Trinajstić information content (AvgIpc) is 2.98. The Kier molecular flexibility index (Phi) is 5.82. The summed E-state index contributed by atoms with van der Waals surface area (Å²) in [4.78, 5) is 17.6. The van der Waals surface area contributed by atoms with E-state index in [1.165, 1.54) is 17.7 Å². The Balaban J connectivity index is 2.04. The lowest BCUT2D eigenvalue weighted by atomic mass is 10.1. The predicted molar refractivity (Wildman–Crippen MR) is 111 cm³/mol. The largest absolute Gasteiger partial charge is 0.354 e. The van der Waals surface area contributed by atoms with Crippen molar-refractivity contribution in [2.75, 3.05) is 6.54 Å². The van der Waals surface area contributed by atoms with E-state index in [1.54, 1.807) is 12.1 Å². The van der Waals surface area contributed by atoms with Crippen LogP contribution in [0.4, 0.5) is 4.39 Å². The zero-order chi connectivity index (χ0) is 20.4. The first-order valence-corrected chi connectivity index (χ1v) is 9.76. The number of hydrogen-bond acceptors (Lipinski definition) is 2. The fraction of sp³-hybridized carbons (Fsp3) is 0.391. The molecule has 0 aliphatic carbocycles. The van der Waals surface area contributed by atoms with Gasteiger partial charge in [-0.1, -0.05) is 26.0 Å². The van der Waals surface area contributed by atoms with Crippen LogP contribution in [0.15, 0.2) is 36.4 Å². The second-order valence-electron chi connectivity index (χ2n) is 7.94. The number of benzene rings is 2. The van der Waals surface area contributed by atoms with Crippen LogP contribution in [0.1, 0.15) is 49.3 Å². The normalized spacial score (nSPS) is 12.5. The van der Waals surface area contributed by atoms with Crippen LogP contribution in [0.5, 0.6) is 0 Å². The molecule has 1 atom stereocenters. The second-order valence-corrected chi connectivity index (χ2v) is 7.94. The number of imidazole rings is 1. The van der Waals surface area contributed by atoms with Gasteiger partial charge in [0.1, 0.15) is 17.7 Å². The van der Waals surface area contributed by atoms with Crippen LogP contribution in [-0.4, -0.2) is 22.0 Å². The quantitative estimate of drug-likeness (QED) is 0.672. The molecule has 2 aromatic carbocycles. The molecule has 0 spiro atoms. The van der Waals surface area contributed by atoms with Gasteiger partial charge in [-0.05, 0) is 67.6 Å². The van der Waals surface area contributed by atoms with Gasteiger partial charge in [0.25, 0.3) is 0 Å². The van der Waals surface area contributed by atoms with Crippen LogP contribution in [0.3, 0.4) is 0 Å². The number of aryl methyl sites for hydroxylation is 2. The van der Waals surface area contributed by atoms with Crippen LogP contribution in [0.25, 0.3) is 11.0 Å². The number of amides is 1. The van der Waals surface area contributed by atoms with E-state index in [2.05, 4.69) is 45.1 Å². The lowest BCUT2D eigenvalue weighted by Gasteiger charge is -2.19. The Morgan fingerprint density at radius 3 is 2.39 bits per heavy atom. The summed E-state index contributed by atoms with van der Waals surface area (Å²) in [5, 5.41) is 3.02. The van der Waals surface area contributed by atoms with Crippen molar-refractivity contribution in [1.29, 1.82) is 0 Å². The fourth-order valence-electron chi connectivity index (χ4n) is 3.31. The molecule has 3 aromatic rings. The van der Waals surface area contributed by atoms with Crippen molar-refractivity contribution >= 4 is 16.9 Å². The van der Waals surface area contributed by atoms with Gasteiger partial charge in [0.15, 0.2) is 0 Å². The van der Waals surface area contributed by atoms with E-state index < -0.39 is 0 Å². The first-order valence-electron chi connectivity index (χ1n) is 9.76. The monoisotopic (exact) mass is 381 g/mol. The minimum Gasteiger partial charge on any atom is -0.354 e. The van der Waals surface area contributed by atoms with Gasteiger partial charge in [0.2, 0.25) is 5.91 Å². The van der Waals surface area contributed by atoms with Gasteiger partial charge < -0.3 is 9.88 Å². The summed E-state index contributed by atoms with van der Waals surface area (Å²) < 4.78 is 15.3. The lowest BCUT2D eigenvalue weighted by molar-refractivity contribution is -0.124.